The van der Waals surface area contributed by atoms with Gasteiger partial charge in [0.1, 0.15) is 18.0 Å². The maximum Gasteiger partial charge on any atom is 0.135 e. The summed E-state index contributed by atoms with van der Waals surface area (Å²) < 4.78 is 35.6. The van der Waals surface area contributed by atoms with Gasteiger partial charge in [0, 0.05) is 60.0 Å². The Morgan fingerprint density at radius 1 is 1.20 bits per heavy atom. The number of terminal acetylenes is 1. The van der Waals surface area contributed by atoms with Gasteiger partial charge in [0.15, 0.2) is 0 Å². The van der Waals surface area contributed by atoms with Gasteiger partial charge in [-0.2, -0.15) is 0 Å². The molecule has 0 spiro atoms. The van der Waals surface area contributed by atoms with Crippen LogP contribution in [0.5, 0.6) is 0 Å². The Balaban J connectivity index is 1.80. The lowest BCUT2D eigenvalue weighted by molar-refractivity contribution is 0.122. The highest BCUT2D eigenvalue weighted by molar-refractivity contribution is 5.94. The van der Waals surface area contributed by atoms with E-state index in [-0.39, 0.29) is 5.56 Å². The van der Waals surface area contributed by atoms with E-state index in [2.05, 4.69) is 25.8 Å². The summed E-state index contributed by atoms with van der Waals surface area (Å²) in [6, 6.07) is 8.29. The van der Waals surface area contributed by atoms with E-state index < -0.39 is 17.6 Å². The number of aliphatic imine (C=N–C) groups is 1. The number of fused-ring (bicyclic) bond motifs is 1. The maximum atomic E-state index is 15.1. The molecule has 7 heteroatoms. The van der Waals surface area contributed by atoms with Crippen molar-refractivity contribution in [2.75, 3.05) is 31.2 Å². The molecule has 2 aromatic carbocycles. The van der Waals surface area contributed by atoms with Gasteiger partial charge in [-0.3, -0.25) is 4.99 Å². The lowest BCUT2D eigenvalue weighted by Gasteiger charge is -2.29. The number of anilines is 1. The number of nitrogens with zero attached hydrogens (tertiary/aromatic N) is 4. The zero-order valence-electron chi connectivity index (χ0n) is 20.2. The Hall–Kier alpha value is -3.63. The molecule has 1 fully saturated rings. The lowest BCUT2D eigenvalue weighted by Crippen LogP contribution is -2.36. The van der Waals surface area contributed by atoms with Gasteiger partial charge >= 0.3 is 0 Å². The monoisotopic (exact) mass is 474 g/mol. The van der Waals surface area contributed by atoms with Crippen molar-refractivity contribution in [3.8, 4) is 23.6 Å². The van der Waals surface area contributed by atoms with Crippen molar-refractivity contribution in [1.82, 2.24) is 9.97 Å². The second kappa shape index (κ2) is 10.7. The van der Waals surface area contributed by atoms with Crippen LogP contribution in [0, 0.1) is 24.0 Å². The Bertz CT molecular complexity index is 1340. The average molecular weight is 475 g/mol. The minimum absolute atomic E-state index is 0.217. The van der Waals surface area contributed by atoms with Gasteiger partial charge < -0.3 is 9.64 Å². The predicted molar refractivity (Wildman–Crippen MR) is 137 cm³/mol. The fourth-order valence-electron chi connectivity index (χ4n) is 4.48. The van der Waals surface area contributed by atoms with Crippen LogP contribution in [0.25, 0.3) is 22.2 Å². The van der Waals surface area contributed by atoms with Crippen molar-refractivity contribution >= 4 is 22.8 Å². The second-order valence-corrected chi connectivity index (χ2v) is 8.53. The van der Waals surface area contributed by atoms with E-state index in [9.17, 15) is 0 Å². The number of benzene rings is 2. The molecule has 1 saturated heterocycles. The largest absolute Gasteiger partial charge is 0.378 e. The normalized spacial score (nSPS) is 15.8. The molecular weight excluding hydrogens is 446 g/mol. The maximum absolute atomic E-state index is 15.1. The van der Waals surface area contributed by atoms with E-state index in [1.165, 1.54) is 12.4 Å². The van der Waals surface area contributed by atoms with Crippen molar-refractivity contribution < 1.29 is 13.5 Å². The minimum atomic E-state index is -0.680. The summed E-state index contributed by atoms with van der Waals surface area (Å²) in [5.74, 6) is 0.863. The van der Waals surface area contributed by atoms with Gasteiger partial charge in [0.05, 0.1) is 24.4 Å². The van der Waals surface area contributed by atoms with Crippen LogP contribution in [0.3, 0.4) is 0 Å². The zero-order chi connectivity index (χ0) is 24.9. The van der Waals surface area contributed by atoms with Crippen LogP contribution in [-0.2, 0) is 4.74 Å². The first-order chi connectivity index (χ1) is 16.9. The Kier molecular flexibility index (Phi) is 7.52. The van der Waals surface area contributed by atoms with Gasteiger partial charge in [-0.15, -0.1) is 12.3 Å². The van der Waals surface area contributed by atoms with E-state index in [0.717, 1.165) is 30.4 Å². The molecule has 0 N–H and O–H groups in total. The van der Waals surface area contributed by atoms with Crippen LogP contribution in [0.4, 0.5) is 14.5 Å². The van der Waals surface area contributed by atoms with E-state index in [0.29, 0.717) is 47.5 Å². The summed E-state index contributed by atoms with van der Waals surface area (Å²) in [6.07, 6.45) is 8.94. The second-order valence-electron chi connectivity index (χ2n) is 8.53. The van der Waals surface area contributed by atoms with Gasteiger partial charge in [-0.05, 0) is 49.2 Å². The zero-order valence-corrected chi connectivity index (χ0v) is 20.2. The first-order valence-corrected chi connectivity index (χ1v) is 11.6. The number of halogens is 2. The fourth-order valence-corrected chi connectivity index (χ4v) is 4.48. The van der Waals surface area contributed by atoms with Crippen molar-refractivity contribution in [2.24, 2.45) is 4.99 Å². The van der Waals surface area contributed by atoms with Crippen molar-refractivity contribution in [2.45, 2.75) is 33.1 Å². The van der Waals surface area contributed by atoms with Crippen LogP contribution < -0.4 is 4.90 Å². The molecule has 35 heavy (non-hydrogen) atoms. The number of rotatable bonds is 6. The van der Waals surface area contributed by atoms with Crippen molar-refractivity contribution in [3.63, 3.8) is 0 Å². The summed E-state index contributed by atoms with van der Waals surface area (Å²) in [5.41, 5.74) is 4.22. The molecule has 1 aliphatic heterocycles. The van der Waals surface area contributed by atoms with E-state index in [1.54, 1.807) is 13.1 Å². The molecule has 2 heterocycles. The van der Waals surface area contributed by atoms with Crippen LogP contribution in [-0.4, -0.2) is 42.5 Å². The lowest BCUT2D eigenvalue weighted by atomic mass is 9.91. The number of allylic oxidation sites excluding steroid dienone is 2. The standard InChI is InChI=1S/C28H28F2N4O/c1-5-7-18(3)27(31-6-2)19(4)22-15-23(25(30)16-24(22)29)28-21-9-8-20(14-26(21)32-17-33-28)34-10-12-35-13-11-34/h1,6,8-9,14-17,19H,7,10-13H2,2-4H3/b27-18-,31-6?. The Morgan fingerprint density at radius 2 is 1.97 bits per heavy atom. The van der Waals surface area contributed by atoms with E-state index >= 15 is 8.78 Å². The summed E-state index contributed by atoms with van der Waals surface area (Å²) in [5, 5.41) is 0.694. The fraction of sp³-hybridized carbons (Fsp3) is 0.321. The predicted octanol–water partition coefficient (Wildman–Crippen LogP) is 5.90. The van der Waals surface area contributed by atoms with Gasteiger partial charge in [0.2, 0.25) is 0 Å². The summed E-state index contributed by atoms with van der Waals surface area (Å²) in [7, 11) is 0. The molecule has 0 saturated carbocycles. The van der Waals surface area contributed by atoms with Crippen LogP contribution >= 0.6 is 0 Å². The van der Waals surface area contributed by atoms with Gasteiger partial charge in [0.25, 0.3) is 0 Å². The summed E-state index contributed by atoms with van der Waals surface area (Å²) in [6.45, 7) is 8.46. The molecule has 3 aromatic rings. The highest BCUT2D eigenvalue weighted by Gasteiger charge is 2.22. The minimum Gasteiger partial charge on any atom is -0.378 e. The van der Waals surface area contributed by atoms with Gasteiger partial charge in [-0.1, -0.05) is 6.92 Å². The SMILES string of the molecule is C#CC/C(C)=C(\N=CC)C(C)c1cc(-c2ncnc3cc(N4CCOCC4)ccc23)c(F)cc1F. The van der Waals surface area contributed by atoms with Gasteiger partial charge in [-0.25, -0.2) is 18.7 Å². The summed E-state index contributed by atoms with van der Waals surface area (Å²) >= 11 is 0. The number of ether oxygens (including phenoxy) is 1. The number of morpholine rings is 1. The van der Waals surface area contributed by atoms with Crippen molar-refractivity contribution in [1.29, 1.82) is 0 Å². The van der Waals surface area contributed by atoms with Crippen LogP contribution in [0.15, 0.2) is 52.9 Å². The molecule has 1 aromatic heterocycles. The number of hydrogen-bond donors (Lipinski definition) is 0. The highest BCUT2D eigenvalue weighted by atomic mass is 19.1. The molecule has 1 unspecified atom stereocenters. The smallest absolute Gasteiger partial charge is 0.135 e. The molecule has 0 aliphatic carbocycles. The molecule has 180 valence electrons. The average Bonchev–Trinajstić information content (AvgIpc) is 2.87. The molecule has 0 radical (unpaired) electrons. The molecule has 0 bridgehead atoms. The molecule has 5 nitrogen and oxygen atoms in total. The molecule has 4 rings (SSSR count). The summed E-state index contributed by atoms with van der Waals surface area (Å²) in [4.78, 5) is 15.5. The number of aromatic nitrogens is 2. The third-order valence-corrected chi connectivity index (χ3v) is 6.29. The van der Waals surface area contributed by atoms with Crippen LogP contribution in [0.2, 0.25) is 0 Å². The first-order valence-electron chi connectivity index (χ1n) is 11.6. The number of hydrogen-bond acceptors (Lipinski definition) is 5. The topological polar surface area (TPSA) is 50.6 Å². The third-order valence-electron chi connectivity index (χ3n) is 6.29. The Morgan fingerprint density at radius 3 is 2.69 bits per heavy atom. The highest BCUT2D eigenvalue weighted by Crippen LogP contribution is 2.36. The third kappa shape index (κ3) is 5.08. The van der Waals surface area contributed by atoms with E-state index in [1.807, 2.05) is 32.0 Å². The van der Waals surface area contributed by atoms with Crippen LogP contribution in [0.1, 0.15) is 38.7 Å². The Labute approximate surface area is 204 Å². The van der Waals surface area contributed by atoms with E-state index in [4.69, 9.17) is 11.2 Å². The first kappa shape index (κ1) is 24.5. The molecule has 1 aliphatic rings. The molecular formula is C28H28F2N4O. The quantitative estimate of drug-likeness (QED) is 0.330. The molecule has 1 atom stereocenters. The molecule has 0 amide bonds. The van der Waals surface area contributed by atoms with Crippen molar-refractivity contribution in [3.05, 3.63) is 65.1 Å².